The number of hydrogen-bond acceptors (Lipinski definition) is 8. The normalized spacial score (nSPS) is 18.4. The van der Waals surface area contributed by atoms with E-state index in [1.54, 1.807) is 0 Å². The summed E-state index contributed by atoms with van der Waals surface area (Å²) in [4.78, 5) is 16.3. The molecule has 1 aromatic heterocycles. The zero-order valence-electron chi connectivity index (χ0n) is 17.8. The number of rotatable bonds is 8. The summed E-state index contributed by atoms with van der Waals surface area (Å²) in [5, 5.41) is 3.31. The van der Waals surface area contributed by atoms with Gasteiger partial charge in [0.2, 0.25) is 5.95 Å². The van der Waals surface area contributed by atoms with Gasteiger partial charge in [0.15, 0.2) is 0 Å². The summed E-state index contributed by atoms with van der Waals surface area (Å²) in [6.45, 7) is 8.42. The number of aromatic nitrogens is 2. The van der Waals surface area contributed by atoms with Crippen molar-refractivity contribution in [2.24, 2.45) is 0 Å². The van der Waals surface area contributed by atoms with Gasteiger partial charge >= 0.3 is 0 Å². The number of anilines is 3. The fraction of sp³-hybridized carbons (Fsp3) is 0.545. The van der Waals surface area contributed by atoms with Crippen molar-refractivity contribution in [3.8, 4) is 5.75 Å². The van der Waals surface area contributed by atoms with Crippen LogP contribution in [0.25, 0.3) is 0 Å². The van der Waals surface area contributed by atoms with Gasteiger partial charge in [-0.3, -0.25) is 0 Å². The Balaban J connectivity index is 1.24. The summed E-state index contributed by atoms with van der Waals surface area (Å²) in [6, 6.07) is 10.0. The Hall–Kier alpha value is -2.03. The monoisotopic (exact) mass is 428 g/mol. The number of benzene rings is 1. The van der Waals surface area contributed by atoms with Gasteiger partial charge in [-0.25, -0.2) is 4.98 Å². The lowest BCUT2D eigenvalue weighted by Gasteiger charge is -2.33. The standard InChI is InChI=1S/C22H32N6OS/c1-26-10-12-28(13-11-26)21-7-8-23-22(25-21)24-19-3-5-20(6-4-19)29-16-2-9-27-14-17-30-18-15-27/h3-8H,2,9-18H2,1H3,(H,23,24,25). The molecule has 0 unspecified atom stereocenters. The van der Waals surface area contributed by atoms with Crippen molar-refractivity contribution >= 4 is 29.2 Å². The fourth-order valence-electron chi connectivity index (χ4n) is 3.69. The van der Waals surface area contributed by atoms with Gasteiger partial charge < -0.3 is 24.8 Å². The molecule has 0 bridgehead atoms. The maximum absolute atomic E-state index is 5.91. The molecule has 1 N–H and O–H groups in total. The van der Waals surface area contributed by atoms with Crippen molar-refractivity contribution in [3.63, 3.8) is 0 Å². The summed E-state index contributed by atoms with van der Waals surface area (Å²) in [5.74, 6) is 5.03. The van der Waals surface area contributed by atoms with Gasteiger partial charge in [-0.05, 0) is 43.8 Å². The first kappa shape index (κ1) is 21.2. The smallest absolute Gasteiger partial charge is 0.229 e. The number of piperazine rings is 1. The Kier molecular flexibility index (Phi) is 7.66. The maximum atomic E-state index is 5.91. The van der Waals surface area contributed by atoms with E-state index in [1.165, 1.54) is 24.6 Å². The Morgan fingerprint density at radius 2 is 1.77 bits per heavy atom. The summed E-state index contributed by atoms with van der Waals surface area (Å²) in [5.41, 5.74) is 0.962. The van der Waals surface area contributed by atoms with Crippen molar-refractivity contribution < 1.29 is 4.74 Å². The van der Waals surface area contributed by atoms with E-state index in [0.29, 0.717) is 5.95 Å². The third-order valence-corrected chi connectivity index (χ3v) is 6.51. The van der Waals surface area contributed by atoms with Crippen LogP contribution < -0.4 is 15.0 Å². The molecule has 2 aliphatic heterocycles. The van der Waals surface area contributed by atoms with Crippen LogP contribution in [0.3, 0.4) is 0 Å². The van der Waals surface area contributed by atoms with Crippen LogP contribution >= 0.6 is 11.8 Å². The zero-order valence-corrected chi connectivity index (χ0v) is 18.6. The fourth-order valence-corrected chi connectivity index (χ4v) is 4.67. The predicted octanol–water partition coefficient (Wildman–Crippen LogP) is 2.79. The molecule has 30 heavy (non-hydrogen) atoms. The summed E-state index contributed by atoms with van der Waals surface area (Å²) >= 11 is 2.05. The first-order valence-corrected chi connectivity index (χ1v) is 12.0. The van der Waals surface area contributed by atoms with Crippen LogP contribution in [-0.4, -0.2) is 90.7 Å². The molecule has 0 spiro atoms. The third-order valence-electron chi connectivity index (χ3n) is 5.57. The van der Waals surface area contributed by atoms with E-state index in [2.05, 4.69) is 43.8 Å². The summed E-state index contributed by atoms with van der Waals surface area (Å²) in [6.07, 6.45) is 2.89. The van der Waals surface area contributed by atoms with E-state index in [-0.39, 0.29) is 0 Å². The van der Waals surface area contributed by atoms with Crippen LogP contribution in [-0.2, 0) is 0 Å². The van der Waals surface area contributed by atoms with Crippen molar-refractivity contribution in [1.82, 2.24) is 19.8 Å². The van der Waals surface area contributed by atoms with Gasteiger partial charge in [0.1, 0.15) is 11.6 Å². The highest BCUT2D eigenvalue weighted by molar-refractivity contribution is 7.99. The van der Waals surface area contributed by atoms with E-state index >= 15 is 0 Å². The molecule has 0 saturated carbocycles. The van der Waals surface area contributed by atoms with Gasteiger partial charge in [0.05, 0.1) is 6.61 Å². The van der Waals surface area contributed by atoms with Crippen LogP contribution in [0, 0.1) is 0 Å². The van der Waals surface area contributed by atoms with E-state index < -0.39 is 0 Å². The predicted molar refractivity (Wildman–Crippen MR) is 125 cm³/mol. The maximum Gasteiger partial charge on any atom is 0.229 e. The van der Waals surface area contributed by atoms with Crippen LogP contribution in [0.1, 0.15) is 6.42 Å². The highest BCUT2D eigenvalue weighted by Gasteiger charge is 2.15. The van der Waals surface area contributed by atoms with Crippen molar-refractivity contribution in [3.05, 3.63) is 36.5 Å². The molecule has 162 valence electrons. The molecular weight excluding hydrogens is 396 g/mol. The lowest BCUT2D eigenvalue weighted by atomic mass is 10.3. The van der Waals surface area contributed by atoms with Gasteiger partial charge in [0.25, 0.3) is 0 Å². The van der Waals surface area contributed by atoms with Crippen molar-refractivity contribution in [1.29, 1.82) is 0 Å². The molecule has 2 aromatic rings. The SMILES string of the molecule is CN1CCN(c2ccnc(Nc3ccc(OCCCN4CCSCC4)cc3)n2)CC1. The molecule has 1 aromatic carbocycles. The lowest BCUT2D eigenvalue weighted by molar-refractivity contribution is 0.248. The van der Waals surface area contributed by atoms with Crippen LogP contribution in [0.4, 0.5) is 17.5 Å². The molecular formula is C22H32N6OS. The molecule has 4 rings (SSSR count). The number of nitrogens with one attached hydrogen (secondary N) is 1. The first-order chi connectivity index (χ1) is 14.8. The van der Waals surface area contributed by atoms with Crippen LogP contribution in [0.5, 0.6) is 5.75 Å². The van der Waals surface area contributed by atoms with E-state index in [0.717, 1.165) is 63.0 Å². The van der Waals surface area contributed by atoms with E-state index in [1.807, 2.05) is 36.5 Å². The molecule has 0 atom stereocenters. The molecule has 2 saturated heterocycles. The molecule has 8 heteroatoms. The van der Waals surface area contributed by atoms with Crippen molar-refractivity contribution in [2.45, 2.75) is 6.42 Å². The zero-order chi connectivity index (χ0) is 20.6. The average molecular weight is 429 g/mol. The number of ether oxygens (including phenoxy) is 1. The van der Waals surface area contributed by atoms with Gasteiger partial charge in [-0.2, -0.15) is 16.7 Å². The minimum absolute atomic E-state index is 0.625. The lowest BCUT2D eigenvalue weighted by Crippen LogP contribution is -2.44. The summed E-state index contributed by atoms with van der Waals surface area (Å²) < 4.78 is 5.91. The molecule has 0 aliphatic carbocycles. The topological polar surface area (TPSA) is 56.8 Å². The van der Waals surface area contributed by atoms with Crippen LogP contribution in [0.15, 0.2) is 36.5 Å². The minimum Gasteiger partial charge on any atom is -0.494 e. The molecule has 0 amide bonds. The Bertz CT molecular complexity index is 775. The van der Waals surface area contributed by atoms with Crippen molar-refractivity contribution in [2.75, 3.05) is 81.2 Å². The number of thioether (sulfide) groups is 1. The molecule has 3 heterocycles. The van der Waals surface area contributed by atoms with Gasteiger partial charge in [-0.15, -0.1) is 0 Å². The Labute approximate surface area is 183 Å². The minimum atomic E-state index is 0.625. The molecule has 7 nitrogen and oxygen atoms in total. The number of hydrogen-bond donors (Lipinski definition) is 1. The first-order valence-electron chi connectivity index (χ1n) is 10.8. The molecule has 0 radical (unpaired) electrons. The third kappa shape index (κ3) is 6.23. The average Bonchev–Trinajstić information content (AvgIpc) is 2.79. The second-order valence-corrected chi connectivity index (χ2v) is 9.06. The quantitative estimate of drug-likeness (QED) is 0.644. The highest BCUT2D eigenvalue weighted by atomic mass is 32.2. The molecule has 2 fully saturated rings. The number of likely N-dealkylation sites (N-methyl/N-ethyl adjacent to an activating group) is 1. The molecule has 2 aliphatic rings. The largest absolute Gasteiger partial charge is 0.494 e. The van der Waals surface area contributed by atoms with Crippen LogP contribution in [0.2, 0.25) is 0 Å². The Morgan fingerprint density at radius 3 is 2.53 bits per heavy atom. The number of nitrogens with zero attached hydrogens (tertiary/aromatic N) is 5. The van der Waals surface area contributed by atoms with E-state index in [4.69, 9.17) is 9.72 Å². The second-order valence-electron chi connectivity index (χ2n) is 7.83. The second kappa shape index (κ2) is 10.8. The Morgan fingerprint density at radius 1 is 1.00 bits per heavy atom. The van der Waals surface area contributed by atoms with Gasteiger partial charge in [-0.1, -0.05) is 0 Å². The van der Waals surface area contributed by atoms with Gasteiger partial charge in [0, 0.05) is 69.2 Å². The van der Waals surface area contributed by atoms with E-state index in [9.17, 15) is 0 Å². The highest BCUT2D eigenvalue weighted by Crippen LogP contribution is 2.20. The summed E-state index contributed by atoms with van der Waals surface area (Å²) in [7, 11) is 2.16.